The summed E-state index contributed by atoms with van der Waals surface area (Å²) < 4.78 is 12.2. The van der Waals surface area contributed by atoms with Crippen LogP contribution in [0.5, 0.6) is 0 Å². The van der Waals surface area contributed by atoms with Gasteiger partial charge in [-0.15, -0.1) is 0 Å². The molecule has 8 heteroatoms. The van der Waals surface area contributed by atoms with E-state index < -0.39 is 17.9 Å². The van der Waals surface area contributed by atoms with E-state index in [4.69, 9.17) is 9.15 Å². The van der Waals surface area contributed by atoms with Crippen molar-refractivity contribution in [2.24, 2.45) is 13.0 Å². The number of hydrogen-bond donors (Lipinski definition) is 1. The van der Waals surface area contributed by atoms with Crippen LogP contribution in [-0.2, 0) is 22.3 Å². The van der Waals surface area contributed by atoms with E-state index in [1.807, 2.05) is 31.7 Å². The lowest BCUT2D eigenvalue weighted by Crippen LogP contribution is -2.42. The van der Waals surface area contributed by atoms with Gasteiger partial charge in [-0.25, -0.2) is 9.78 Å². The van der Waals surface area contributed by atoms with Gasteiger partial charge in [-0.1, -0.05) is 25.6 Å². The molecule has 0 spiro atoms. The quantitative estimate of drug-likeness (QED) is 0.572. The molecule has 2 aromatic rings. The number of imidazole rings is 1. The van der Waals surface area contributed by atoms with Gasteiger partial charge in [-0.05, 0) is 24.5 Å². The zero-order chi connectivity index (χ0) is 18.4. The summed E-state index contributed by atoms with van der Waals surface area (Å²) in [4.78, 5) is 28.3. The van der Waals surface area contributed by atoms with Crippen LogP contribution in [0.4, 0.5) is 0 Å². The van der Waals surface area contributed by atoms with Gasteiger partial charge in [0.1, 0.15) is 11.8 Å². The molecule has 1 unspecified atom stereocenters. The smallest absolute Gasteiger partial charge is 0.328 e. The van der Waals surface area contributed by atoms with E-state index in [-0.39, 0.29) is 11.7 Å². The van der Waals surface area contributed by atoms with Crippen LogP contribution in [0.15, 0.2) is 34.1 Å². The lowest BCUT2D eigenvalue weighted by atomic mass is 10.0. The third kappa shape index (κ3) is 5.38. The standard InChI is InChI=1S/C17H23N3O4S/c1-11(2)9-13(16(22)23-4)19-15(21)14-6-5-12(24-14)10-25-17-18-7-8-20(17)3/h5-8,11,13H,9-10H2,1-4H3,(H,19,21). The highest BCUT2D eigenvalue weighted by atomic mass is 32.2. The first-order valence-corrected chi connectivity index (χ1v) is 8.96. The molecule has 2 heterocycles. The van der Waals surface area contributed by atoms with Crippen LogP contribution in [0, 0.1) is 5.92 Å². The highest BCUT2D eigenvalue weighted by Crippen LogP contribution is 2.22. The van der Waals surface area contributed by atoms with Crippen LogP contribution in [0.3, 0.4) is 0 Å². The Hall–Kier alpha value is -2.22. The van der Waals surface area contributed by atoms with E-state index in [0.29, 0.717) is 17.9 Å². The number of carbonyl (C=O) groups excluding carboxylic acids is 2. The molecular weight excluding hydrogens is 342 g/mol. The van der Waals surface area contributed by atoms with Gasteiger partial charge >= 0.3 is 5.97 Å². The molecule has 0 aliphatic rings. The zero-order valence-corrected chi connectivity index (χ0v) is 15.6. The monoisotopic (exact) mass is 365 g/mol. The first-order chi connectivity index (χ1) is 11.9. The maximum absolute atomic E-state index is 12.3. The Labute approximate surface area is 151 Å². The van der Waals surface area contributed by atoms with Gasteiger partial charge < -0.3 is 19.0 Å². The van der Waals surface area contributed by atoms with E-state index in [2.05, 4.69) is 10.3 Å². The second kappa shape index (κ2) is 8.75. The van der Waals surface area contributed by atoms with E-state index >= 15 is 0 Å². The van der Waals surface area contributed by atoms with Gasteiger partial charge in [0.05, 0.1) is 12.9 Å². The SMILES string of the molecule is COC(=O)C(CC(C)C)NC(=O)c1ccc(CSc2nccn2C)o1. The summed E-state index contributed by atoms with van der Waals surface area (Å²) in [5, 5.41) is 3.54. The van der Waals surface area contributed by atoms with Crippen LogP contribution in [-0.4, -0.2) is 34.6 Å². The fourth-order valence-corrected chi connectivity index (χ4v) is 3.09. The van der Waals surface area contributed by atoms with Gasteiger partial charge in [-0.2, -0.15) is 0 Å². The van der Waals surface area contributed by atoms with Crippen LogP contribution in [0.2, 0.25) is 0 Å². The number of methoxy groups -OCH3 is 1. The maximum Gasteiger partial charge on any atom is 0.328 e. The summed E-state index contributed by atoms with van der Waals surface area (Å²) in [6.45, 7) is 3.95. The molecule has 7 nitrogen and oxygen atoms in total. The molecule has 0 aromatic carbocycles. The number of carbonyl (C=O) groups is 2. The predicted molar refractivity (Wildman–Crippen MR) is 94.2 cm³/mol. The molecule has 0 radical (unpaired) electrons. The fourth-order valence-electron chi connectivity index (χ4n) is 2.26. The van der Waals surface area contributed by atoms with Crippen molar-refractivity contribution in [3.8, 4) is 0 Å². The Balaban J connectivity index is 1.96. The Morgan fingerprint density at radius 3 is 2.76 bits per heavy atom. The topological polar surface area (TPSA) is 86.4 Å². The molecule has 0 aliphatic carbocycles. The van der Waals surface area contributed by atoms with Crippen LogP contribution < -0.4 is 5.32 Å². The fraction of sp³-hybridized carbons (Fsp3) is 0.471. The number of furan rings is 1. The van der Waals surface area contributed by atoms with Gasteiger partial charge in [0.25, 0.3) is 5.91 Å². The molecule has 0 bridgehead atoms. The Kier molecular flexibility index (Phi) is 6.69. The van der Waals surface area contributed by atoms with Gasteiger partial charge in [0.15, 0.2) is 10.9 Å². The molecule has 136 valence electrons. The predicted octanol–water partition coefficient (Wildman–Crippen LogP) is 2.62. The van der Waals surface area contributed by atoms with Crippen LogP contribution in [0.25, 0.3) is 0 Å². The number of rotatable bonds is 8. The maximum atomic E-state index is 12.3. The summed E-state index contributed by atoms with van der Waals surface area (Å²) in [7, 11) is 3.22. The molecule has 25 heavy (non-hydrogen) atoms. The van der Waals surface area contributed by atoms with Crippen molar-refractivity contribution in [1.29, 1.82) is 0 Å². The number of aromatic nitrogens is 2. The minimum Gasteiger partial charge on any atom is -0.467 e. The van der Waals surface area contributed by atoms with Crippen molar-refractivity contribution >= 4 is 23.6 Å². The summed E-state index contributed by atoms with van der Waals surface area (Å²) >= 11 is 1.51. The Morgan fingerprint density at radius 1 is 1.40 bits per heavy atom. The highest BCUT2D eigenvalue weighted by Gasteiger charge is 2.24. The van der Waals surface area contributed by atoms with Crippen molar-refractivity contribution in [3.63, 3.8) is 0 Å². The Morgan fingerprint density at radius 2 is 2.16 bits per heavy atom. The normalized spacial score (nSPS) is 12.2. The second-order valence-electron chi connectivity index (χ2n) is 6.05. The average Bonchev–Trinajstić information content (AvgIpc) is 3.20. The van der Waals surface area contributed by atoms with Gasteiger partial charge in [0.2, 0.25) is 0 Å². The van der Waals surface area contributed by atoms with Crippen LogP contribution >= 0.6 is 11.8 Å². The number of nitrogens with zero attached hydrogens (tertiary/aromatic N) is 2. The largest absolute Gasteiger partial charge is 0.467 e. The minimum absolute atomic E-state index is 0.174. The molecule has 0 aliphatic heterocycles. The van der Waals surface area contributed by atoms with Crippen LogP contribution in [0.1, 0.15) is 36.6 Å². The number of esters is 1. The van der Waals surface area contributed by atoms with Crippen molar-refractivity contribution in [2.75, 3.05) is 7.11 Å². The average molecular weight is 365 g/mol. The van der Waals surface area contributed by atoms with E-state index in [1.165, 1.54) is 18.9 Å². The Bertz CT molecular complexity index is 723. The number of amides is 1. The summed E-state index contributed by atoms with van der Waals surface area (Å²) in [6.07, 6.45) is 4.09. The van der Waals surface area contributed by atoms with Crippen molar-refractivity contribution < 1.29 is 18.7 Å². The van der Waals surface area contributed by atoms with E-state index in [0.717, 1.165) is 5.16 Å². The minimum atomic E-state index is -0.687. The third-order valence-corrected chi connectivity index (χ3v) is 4.58. The summed E-state index contributed by atoms with van der Waals surface area (Å²) in [5.41, 5.74) is 0. The number of hydrogen-bond acceptors (Lipinski definition) is 6. The third-order valence-electron chi connectivity index (χ3n) is 3.50. The van der Waals surface area contributed by atoms with Gasteiger partial charge in [0, 0.05) is 19.4 Å². The summed E-state index contributed by atoms with van der Waals surface area (Å²) in [6, 6.07) is 2.67. The molecule has 0 saturated carbocycles. The molecule has 2 rings (SSSR count). The van der Waals surface area contributed by atoms with Crippen molar-refractivity contribution in [3.05, 3.63) is 36.0 Å². The molecule has 0 fully saturated rings. The first kappa shape index (κ1) is 19.1. The second-order valence-corrected chi connectivity index (χ2v) is 7.00. The first-order valence-electron chi connectivity index (χ1n) is 7.98. The molecule has 0 saturated heterocycles. The lowest BCUT2D eigenvalue weighted by molar-refractivity contribution is -0.143. The zero-order valence-electron chi connectivity index (χ0n) is 14.8. The van der Waals surface area contributed by atoms with E-state index in [1.54, 1.807) is 18.3 Å². The number of thioether (sulfide) groups is 1. The molecule has 2 aromatic heterocycles. The molecule has 1 atom stereocenters. The molecule has 1 N–H and O–H groups in total. The van der Waals surface area contributed by atoms with E-state index in [9.17, 15) is 9.59 Å². The van der Waals surface area contributed by atoms with Crippen molar-refractivity contribution in [2.45, 2.75) is 37.2 Å². The highest BCUT2D eigenvalue weighted by molar-refractivity contribution is 7.98. The molecular formula is C17H23N3O4S. The number of aryl methyl sites for hydroxylation is 1. The molecule has 1 amide bonds. The van der Waals surface area contributed by atoms with Gasteiger partial charge in [-0.3, -0.25) is 4.79 Å². The summed E-state index contributed by atoms with van der Waals surface area (Å²) in [5.74, 6) is 0.754. The number of ether oxygens (including phenoxy) is 1. The lowest BCUT2D eigenvalue weighted by Gasteiger charge is -2.17. The number of nitrogens with one attached hydrogen (secondary N) is 1. The van der Waals surface area contributed by atoms with Crippen molar-refractivity contribution in [1.82, 2.24) is 14.9 Å².